The highest BCUT2D eigenvalue weighted by Gasteiger charge is 2.06. The number of ether oxygens (including phenoxy) is 2. The zero-order valence-corrected chi connectivity index (χ0v) is 29.4. The van der Waals surface area contributed by atoms with Crippen LogP contribution >= 0.6 is 0 Å². The Kier molecular flexibility index (Phi) is 24.2. The quantitative estimate of drug-likeness (QED) is 0.0495. The van der Waals surface area contributed by atoms with E-state index in [1.54, 1.807) is 0 Å². The molecule has 2 rings (SSSR count). The molecule has 2 aromatic carbocycles. The molecule has 0 aliphatic rings. The molecule has 0 unspecified atom stereocenters. The summed E-state index contributed by atoms with van der Waals surface area (Å²) in [7, 11) is 0. The van der Waals surface area contributed by atoms with Gasteiger partial charge in [-0.3, -0.25) is 4.79 Å². The predicted molar refractivity (Wildman–Crippen MR) is 194 cm³/mol. The average Bonchev–Trinajstić information content (AvgIpc) is 3.06. The van der Waals surface area contributed by atoms with Crippen LogP contribution < -0.4 is 9.47 Å². The Morgan fingerprint density at radius 1 is 0.422 bits per heavy atom. The first-order valence-corrected chi connectivity index (χ1v) is 19.3. The molecule has 0 aliphatic heterocycles. The third kappa shape index (κ3) is 21.2. The number of benzene rings is 2. The molecule has 0 radical (unpaired) electrons. The molecule has 254 valence electrons. The first kappa shape index (κ1) is 38.9. The Morgan fingerprint density at radius 2 is 0.756 bits per heavy atom. The third-order valence-corrected chi connectivity index (χ3v) is 9.02. The van der Waals surface area contributed by atoms with Crippen molar-refractivity contribution in [3.8, 4) is 22.6 Å². The Morgan fingerprint density at radius 3 is 1.16 bits per heavy atom. The van der Waals surface area contributed by atoms with Crippen LogP contribution in [0.4, 0.5) is 0 Å². The molecular formula is C42H68O3. The lowest BCUT2D eigenvalue weighted by atomic mass is 10.0. The Hall–Kier alpha value is -2.29. The van der Waals surface area contributed by atoms with E-state index in [-0.39, 0.29) is 5.97 Å². The first-order valence-electron chi connectivity index (χ1n) is 19.3. The number of esters is 1. The Labute approximate surface area is 278 Å². The molecule has 45 heavy (non-hydrogen) atoms. The maximum atomic E-state index is 12.3. The van der Waals surface area contributed by atoms with Gasteiger partial charge in [-0.05, 0) is 48.2 Å². The topological polar surface area (TPSA) is 35.5 Å². The van der Waals surface area contributed by atoms with Crippen LogP contribution in [0.5, 0.6) is 11.5 Å². The number of carbonyl (C=O) groups is 1. The predicted octanol–water partition coefficient (Wildman–Crippen LogP) is 13.8. The molecule has 3 heteroatoms. The van der Waals surface area contributed by atoms with E-state index in [1.807, 2.05) is 24.3 Å². The van der Waals surface area contributed by atoms with Gasteiger partial charge in [0.25, 0.3) is 0 Å². The van der Waals surface area contributed by atoms with E-state index in [1.165, 1.54) is 141 Å². The molecule has 0 amide bonds. The summed E-state index contributed by atoms with van der Waals surface area (Å²) in [5, 5.41) is 0. The minimum atomic E-state index is -0.125. The van der Waals surface area contributed by atoms with Gasteiger partial charge < -0.3 is 9.47 Å². The fourth-order valence-electron chi connectivity index (χ4n) is 6.06. The van der Waals surface area contributed by atoms with Gasteiger partial charge in [0.1, 0.15) is 11.5 Å². The Bertz CT molecular complexity index is 933. The van der Waals surface area contributed by atoms with Crippen molar-refractivity contribution in [2.24, 2.45) is 0 Å². The molecule has 0 spiro atoms. The van der Waals surface area contributed by atoms with Gasteiger partial charge in [0.05, 0.1) is 6.61 Å². The summed E-state index contributed by atoms with van der Waals surface area (Å²) in [6.45, 7) is 5.35. The summed E-state index contributed by atoms with van der Waals surface area (Å²) in [6, 6.07) is 16.2. The third-order valence-electron chi connectivity index (χ3n) is 9.02. The number of hydrogen-bond donors (Lipinski definition) is 0. The summed E-state index contributed by atoms with van der Waals surface area (Å²) < 4.78 is 11.6. The largest absolute Gasteiger partial charge is 0.494 e. The van der Waals surface area contributed by atoms with Crippen LogP contribution in [-0.2, 0) is 4.79 Å². The van der Waals surface area contributed by atoms with Crippen molar-refractivity contribution < 1.29 is 14.3 Å². The molecule has 2 aromatic rings. The van der Waals surface area contributed by atoms with Crippen molar-refractivity contribution in [2.45, 2.75) is 181 Å². The van der Waals surface area contributed by atoms with Crippen LogP contribution in [0.15, 0.2) is 48.5 Å². The van der Waals surface area contributed by atoms with Gasteiger partial charge in [-0.25, -0.2) is 0 Å². The highest BCUT2D eigenvalue weighted by Crippen LogP contribution is 2.25. The number of carbonyl (C=O) groups excluding carboxylic acids is 1. The van der Waals surface area contributed by atoms with Gasteiger partial charge >= 0.3 is 5.97 Å². The molecule has 0 saturated heterocycles. The van der Waals surface area contributed by atoms with E-state index in [4.69, 9.17) is 9.47 Å². The van der Waals surface area contributed by atoms with Crippen LogP contribution in [0, 0.1) is 0 Å². The van der Waals surface area contributed by atoms with Crippen molar-refractivity contribution >= 4 is 5.97 Å². The molecule has 0 N–H and O–H groups in total. The van der Waals surface area contributed by atoms with Gasteiger partial charge in [-0.15, -0.1) is 0 Å². The summed E-state index contributed by atoms with van der Waals surface area (Å²) in [5.74, 6) is 1.43. The second kappa shape index (κ2) is 28.0. The standard InChI is InChI=1S/C42H68O3/c1-3-5-7-9-11-13-15-17-19-21-23-25-27-37-44-40-33-29-38(30-34-40)39-31-35-41(36-32-39)45-42(43)28-26-24-22-20-18-16-14-12-10-8-6-4-2/h29-36H,3-28,37H2,1-2H3. The van der Waals surface area contributed by atoms with Gasteiger partial charge in [-0.1, -0.05) is 186 Å². The van der Waals surface area contributed by atoms with Crippen LogP contribution in [0.3, 0.4) is 0 Å². The molecule has 0 saturated carbocycles. The van der Waals surface area contributed by atoms with E-state index >= 15 is 0 Å². The number of unbranched alkanes of at least 4 members (excludes halogenated alkanes) is 23. The smallest absolute Gasteiger partial charge is 0.311 e. The number of rotatable bonds is 30. The zero-order chi connectivity index (χ0) is 32.0. The normalized spacial score (nSPS) is 11.2. The maximum Gasteiger partial charge on any atom is 0.311 e. The lowest BCUT2D eigenvalue weighted by Crippen LogP contribution is -2.07. The van der Waals surface area contributed by atoms with Gasteiger partial charge in [0.2, 0.25) is 0 Å². The fourth-order valence-corrected chi connectivity index (χ4v) is 6.06. The molecule has 0 heterocycles. The van der Waals surface area contributed by atoms with Crippen LogP contribution in [0.2, 0.25) is 0 Å². The lowest BCUT2D eigenvalue weighted by molar-refractivity contribution is -0.134. The SMILES string of the molecule is CCCCCCCCCCCCCCCOc1ccc(-c2ccc(OC(=O)CCCCCCCCCCCCCC)cc2)cc1. The molecule has 0 aliphatic carbocycles. The molecular weight excluding hydrogens is 552 g/mol. The monoisotopic (exact) mass is 621 g/mol. The summed E-state index contributed by atoms with van der Waals surface area (Å²) >= 11 is 0. The van der Waals surface area contributed by atoms with Crippen LogP contribution in [0.25, 0.3) is 11.1 Å². The molecule has 0 atom stereocenters. The van der Waals surface area contributed by atoms with Crippen molar-refractivity contribution in [2.75, 3.05) is 6.61 Å². The summed E-state index contributed by atoms with van der Waals surface area (Å²) in [4.78, 5) is 12.3. The summed E-state index contributed by atoms with van der Waals surface area (Å²) in [6.07, 6.45) is 33.8. The minimum absolute atomic E-state index is 0.125. The van der Waals surface area contributed by atoms with Gasteiger partial charge in [0, 0.05) is 6.42 Å². The second-order valence-corrected chi connectivity index (χ2v) is 13.3. The van der Waals surface area contributed by atoms with E-state index in [9.17, 15) is 4.79 Å². The lowest BCUT2D eigenvalue weighted by Gasteiger charge is -2.09. The number of hydrogen-bond acceptors (Lipinski definition) is 3. The first-order chi connectivity index (χ1) is 22.2. The van der Waals surface area contributed by atoms with Gasteiger partial charge in [-0.2, -0.15) is 0 Å². The van der Waals surface area contributed by atoms with Crippen LogP contribution in [0.1, 0.15) is 181 Å². The van der Waals surface area contributed by atoms with Crippen molar-refractivity contribution in [3.05, 3.63) is 48.5 Å². The highest BCUT2D eigenvalue weighted by molar-refractivity contribution is 5.73. The second-order valence-electron chi connectivity index (χ2n) is 13.3. The molecule has 0 bridgehead atoms. The van der Waals surface area contributed by atoms with Crippen molar-refractivity contribution in [1.29, 1.82) is 0 Å². The molecule has 0 fully saturated rings. The highest BCUT2D eigenvalue weighted by atomic mass is 16.5. The minimum Gasteiger partial charge on any atom is -0.494 e. The average molecular weight is 621 g/mol. The van der Waals surface area contributed by atoms with Crippen LogP contribution in [-0.4, -0.2) is 12.6 Å². The molecule has 3 nitrogen and oxygen atoms in total. The maximum absolute atomic E-state index is 12.3. The Balaban J connectivity index is 1.47. The van der Waals surface area contributed by atoms with E-state index in [2.05, 4.69) is 38.1 Å². The van der Waals surface area contributed by atoms with E-state index in [0.717, 1.165) is 42.7 Å². The van der Waals surface area contributed by atoms with Crippen molar-refractivity contribution in [3.63, 3.8) is 0 Å². The van der Waals surface area contributed by atoms with Gasteiger partial charge in [0.15, 0.2) is 0 Å². The fraction of sp³-hybridized carbons (Fsp3) is 0.690. The van der Waals surface area contributed by atoms with Crippen molar-refractivity contribution in [1.82, 2.24) is 0 Å². The summed E-state index contributed by atoms with van der Waals surface area (Å²) in [5.41, 5.74) is 2.25. The molecule has 0 aromatic heterocycles. The van der Waals surface area contributed by atoms with E-state index < -0.39 is 0 Å². The van der Waals surface area contributed by atoms with E-state index in [0.29, 0.717) is 12.2 Å². The zero-order valence-electron chi connectivity index (χ0n) is 29.4.